The first-order valence-corrected chi connectivity index (χ1v) is 9.36. The van der Waals surface area contributed by atoms with Gasteiger partial charge < -0.3 is 19.9 Å². The first kappa shape index (κ1) is 22.3. The van der Waals surface area contributed by atoms with E-state index >= 15 is 0 Å². The predicted octanol–water partition coefficient (Wildman–Crippen LogP) is 4.87. The quantitative estimate of drug-likeness (QED) is 0.666. The summed E-state index contributed by atoms with van der Waals surface area (Å²) in [4.78, 5) is 16.6. The van der Waals surface area contributed by atoms with Gasteiger partial charge in [-0.15, -0.1) is 0 Å². The number of carbonyl (C=O) groups is 1. The van der Waals surface area contributed by atoms with Gasteiger partial charge in [0.1, 0.15) is 22.6 Å². The molecule has 2 atom stereocenters. The van der Waals surface area contributed by atoms with Crippen LogP contribution in [0.5, 0.6) is 5.75 Å². The summed E-state index contributed by atoms with van der Waals surface area (Å²) in [5, 5.41) is 14.7. The van der Waals surface area contributed by atoms with Crippen LogP contribution in [-0.4, -0.2) is 28.9 Å². The van der Waals surface area contributed by atoms with E-state index < -0.39 is 23.3 Å². The summed E-state index contributed by atoms with van der Waals surface area (Å²) in [7, 11) is 1.48. The van der Waals surface area contributed by atoms with E-state index in [-0.39, 0.29) is 0 Å². The fraction of sp³-hybridized carbons (Fsp3) is 0.400. The Morgan fingerprint density at radius 1 is 1.18 bits per heavy atom. The SMILES string of the molecule is COc1cc(C(O)C(C)(NC(=O)OC(C)(C)C)c2ccc(Cl)nc2)ccc1Cl. The lowest BCUT2D eigenvalue weighted by molar-refractivity contribution is 0.0235. The number of benzene rings is 1. The molecule has 2 N–H and O–H groups in total. The fourth-order valence-electron chi connectivity index (χ4n) is 2.68. The van der Waals surface area contributed by atoms with Crippen molar-refractivity contribution in [2.75, 3.05) is 7.11 Å². The zero-order valence-corrected chi connectivity index (χ0v) is 17.9. The molecule has 0 radical (unpaired) electrons. The molecule has 0 aliphatic heterocycles. The van der Waals surface area contributed by atoms with Gasteiger partial charge in [0, 0.05) is 6.20 Å². The van der Waals surface area contributed by atoms with Gasteiger partial charge >= 0.3 is 6.09 Å². The molecule has 1 aromatic heterocycles. The molecule has 0 saturated carbocycles. The Labute approximate surface area is 174 Å². The highest BCUT2D eigenvalue weighted by Gasteiger charge is 2.39. The minimum Gasteiger partial charge on any atom is -0.495 e. The van der Waals surface area contributed by atoms with Crippen molar-refractivity contribution in [1.82, 2.24) is 10.3 Å². The fourth-order valence-corrected chi connectivity index (χ4v) is 2.98. The van der Waals surface area contributed by atoms with E-state index in [2.05, 4.69) is 10.3 Å². The van der Waals surface area contributed by atoms with Crippen molar-refractivity contribution < 1.29 is 19.4 Å². The second kappa shape index (κ2) is 8.55. The number of nitrogens with zero attached hydrogens (tertiary/aromatic N) is 1. The molecule has 0 bridgehead atoms. The van der Waals surface area contributed by atoms with E-state index in [9.17, 15) is 9.90 Å². The minimum atomic E-state index is -1.27. The van der Waals surface area contributed by atoms with Crippen molar-refractivity contribution in [2.24, 2.45) is 0 Å². The van der Waals surface area contributed by atoms with Crippen molar-refractivity contribution in [2.45, 2.75) is 44.9 Å². The number of aromatic nitrogens is 1. The number of hydrogen-bond acceptors (Lipinski definition) is 5. The molecule has 2 rings (SSSR count). The van der Waals surface area contributed by atoms with Gasteiger partial charge in [-0.2, -0.15) is 0 Å². The molecule has 8 heteroatoms. The summed E-state index contributed by atoms with van der Waals surface area (Å²) >= 11 is 12.0. The summed E-state index contributed by atoms with van der Waals surface area (Å²) in [6, 6.07) is 8.16. The highest BCUT2D eigenvalue weighted by atomic mass is 35.5. The van der Waals surface area contributed by atoms with Crippen LogP contribution in [0.15, 0.2) is 36.5 Å². The number of ether oxygens (including phenoxy) is 2. The topological polar surface area (TPSA) is 80.7 Å². The van der Waals surface area contributed by atoms with Crippen molar-refractivity contribution >= 4 is 29.3 Å². The molecule has 1 amide bonds. The van der Waals surface area contributed by atoms with Crippen molar-refractivity contribution in [3.63, 3.8) is 0 Å². The molecular weight excluding hydrogens is 403 g/mol. The smallest absolute Gasteiger partial charge is 0.408 e. The number of rotatable bonds is 5. The minimum absolute atomic E-state index is 0.297. The number of halogens is 2. The molecule has 0 aliphatic carbocycles. The van der Waals surface area contributed by atoms with Crippen LogP contribution in [0.4, 0.5) is 4.79 Å². The maximum absolute atomic E-state index is 12.5. The maximum atomic E-state index is 12.5. The highest BCUT2D eigenvalue weighted by molar-refractivity contribution is 6.32. The number of nitrogens with one attached hydrogen (secondary N) is 1. The summed E-state index contributed by atoms with van der Waals surface area (Å²) in [5.41, 5.74) is -0.921. The molecule has 1 heterocycles. The third kappa shape index (κ3) is 5.28. The normalized spacial score (nSPS) is 14.7. The Morgan fingerprint density at radius 3 is 2.39 bits per heavy atom. The van der Waals surface area contributed by atoms with Crippen LogP contribution < -0.4 is 10.1 Å². The van der Waals surface area contributed by atoms with E-state index in [0.717, 1.165) is 0 Å². The van der Waals surface area contributed by atoms with Crippen LogP contribution in [0.3, 0.4) is 0 Å². The van der Waals surface area contributed by atoms with E-state index in [1.165, 1.54) is 13.3 Å². The molecule has 28 heavy (non-hydrogen) atoms. The van der Waals surface area contributed by atoms with Crippen LogP contribution >= 0.6 is 23.2 Å². The monoisotopic (exact) mass is 426 g/mol. The lowest BCUT2D eigenvalue weighted by Gasteiger charge is -2.36. The number of carbonyl (C=O) groups excluding carboxylic acids is 1. The number of hydrogen-bond donors (Lipinski definition) is 2. The zero-order chi connectivity index (χ0) is 21.1. The molecule has 0 spiro atoms. The maximum Gasteiger partial charge on any atom is 0.408 e. The van der Waals surface area contributed by atoms with Crippen molar-refractivity contribution in [3.05, 3.63) is 57.8 Å². The van der Waals surface area contributed by atoms with Crippen LogP contribution in [-0.2, 0) is 10.3 Å². The van der Waals surface area contributed by atoms with E-state index in [4.69, 9.17) is 32.7 Å². The second-order valence-corrected chi connectivity index (χ2v) is 8.29. The lowest BCUT2D eigenvalue weighted by atomic mass is 9.83. The molecule has 1 aromatic carbocycles. The van der Waals surface area contributed by atoms with Gasteiger partial charge in [0.2, 0.25) is 0 Å². The zero-order valence-electron chi connectivity index (χ0n) is 16.4. The third-order valence-electron chi connectivity index (χ3n) is 4.13. The number of aliphatic hydroxyl groups excluding tert-OH is 1. The second-order valence-electron chi connectivity index (χ2n) is 7.50. The van der Waals surface area contributed by atoms with Gasteiger partial charge in [0.25, 0.3) is 0 Å². The van der Waals surface area contributed by atoms with Crippen molar-refractivity contribution in [3.8, 4) is 5.75 Å². The first-order chi connectivity index (χ1) is 13.0. The van der Waals surface area contributed by atoms with E-state index in [0.29, 0.717) is 27.1 Å². The van der Waals surface area contributed by atoms with Gasteiger partial charge in [-0.1, -0.05) is 35.3 Å². The van der Waals surface area contributed by atoms with Crippen LogP contribution in [0.1, 0.15) is 44.9 Å². The Kier molecular flexibility index (Phi) is 6.80. The molecule has 0 aliphatic rings. The summed E-state index contributed by atoms with van der Waals surface area (Å²) in [5.74, 6) is 0.409. The predicted molar refractivity (Wildman–Crippen MR) is 109 cm³/mol. The lowest BCUT2D eigenvalue weighted by Crippen LogP contribution is -2.49. The number of alkyl carbamates (subject to hydrolysis) is 1. The molecule has 2 aromatic rings. The average molecular weight is 427 g/mol. The van der Waals surface area contributed by atoms with Crippen molar-refractivity contribution in [1.29, 1.82) is 0 Å². The molecule has 152 valence electrons. The Balaban J connectivity index is 2.47. The summed E-state index contributed by atoms with van der Waals surface area (Å²) < 4.78 is 10.6. The number of aliphatic hydroxyl groups is 1. The van der Waals surface area contributed by atoms with Crippen LogP contribution in [0, 0.1) is 0 Å². The number of methoxy groups -OCH3 is 1. The van der Waals surface area contributed by atoms with Gasteiger partial charge in [0.15, 0.2) is 0 Å². The average Bonchev–Trinajstić information content (AvgIpc) is 2.60. The van der Waals surface area contributed by atoms with Crippen LogP contribution in [0.2, 0.25) is 10.2 Å². The molecule has 6 nitrogen and oxygen atoms in total. The summed E-state index contributed by atoms with van der Waals surface area (Å²) in [6.45, 7) is 6.95. The summed E-state index contributed by atoms with van der Waals surface area (Å²) in [6.07, 6.45) is -0.338. The van der Waals surface area contributed by atoms with Crippen LogP contribution in [0.25, 0.3) is 0 Å². The highest BCUT2D eigenvalue weighted by Crippen LogP contribution is 2.38. The Bertz CT molecular complexity index is 837. The van der Waals surface area contributed by atoms with Gasteiger partial charge in [-0.3, -0.25) is 0 Å². The van der Waals surface area contributed by atoms with E-state index in [1.807, 2.05) is 0 Å². The van der Waals surface area contributed by atoms with Gasteiger partial charge in [-0.25, -0.2) is 9.78 Å². The van der Waals surface area contributed by atoms with Gasteiger partial charge in [-0.05, 0) is 57.0 Å². The number of pyridine rings is 1. The van der Waals surface area contributed by atoms with E-state index in [1.54, 1.807) is 58.0 Å². The number of amides is 1. The largest absolute Gasteiger partial charge is 0.495 e. The molecule has 0 saturated heterocycles. The van der Waals surface area contributed by atoms with Gasteiger partial charge in [0.05, 0.1) is 17.7 Å². The molecule has 0 fully saturated rings. The molecular formula is C20H24Cl2N2O4. The molecule has 2 unspecified atom stereocenters. The standard InChI is InChI=1S/C20H24Cl2N2O4/c1-19(2,3)28-18(26)24-20(4,13-7-9-16(22)23-11-13)17(25)12-6-8-14(21)15(10-12)27-5/h6-11,17,25H,1-5H3,(H,24,26). The Hall–Kier alpha value is -2.02. The Morgan fingerprint density at radius 2 is 1.86 bits per heavy atom. The third-order valence-corrected chi connectivity index (χ3v) is 4.66. The first-order valence-electron chi connectivity index (χ1n) is 8.61.